The Morgan fingerprint density at radius 1 is 1.08 bits per heavy atom. The summed E-state index contributed by atoms with van der Waals surface area (Å²) in [4.78, 5) is 8.31. The third-order valence-electron chi connectivity index (χ3n) is 3.35. The van der Waals surface area contributed by atoms with Crippen LogP contribution in [-0.4, -0.2) is 24.1 Å². The highest BCUT2D eigenvalue weighted by atomic mass is 32.2. The quantitative estimate of drug-likeness (QED) is 0.724. The lowest BCUT2D eigenvalue weighted by Crippen LogP contribution is -2.16. The average molecular weight is 361 g/mol. The zero-order valence-electron chi connectivity index (χ0n) is 13.4. The largest absolute Gasteiger partial charge is 0.454 e. The van der Waals surface area contributed by atoms with Gasteiger partial charge in [-0.2, -0.15) is 0 Å². The fourth-order valence-electron chi connectivity index (χ4n) is 2.28. The Morgan fingerprint density at radius 3 is 2.60 bits per heavy atom. The molecule has 0 saturated carbocycles. The Labute approximate surface area is 144 Å². The first-order valence-corrected chi connectivity index (χ1v) is 9.31. The van der Waals surface area contributed by atoms with E-state index in [-0.39, 0.29) is 17.2 Å². The van der Waals surface area contributed by atoms with Gasteiger partial charge in [-0.1, -0.05) is 6.92 Å². The molecule has 2 aromatic carbocycles. The van der Waals surface area contributed by atoms with E-state index in [9.17, 15) is 12.8 Å². The van der Waals surface area contributed by atoms with Crippen LogP contribution in [0.4, 0.5) is 10.1 Å². The number of rotatable bonds is 6. The van der Waals surface area contributed by atoms with Gasteiger partial charge in [0.1, 0.15) is 5.75 Å². The molecular weight excluding hydrogens is 345 g/mol. The predicted molar refractivity (Wildman–Crippen MR) is 93.7 cm³/mol. The van der Waals surface area contributed by atoms with Crippen molar-refractivity contribution in [2.24, 2.45) is 0 Å². The topological polar surface area (TPSA) is 81.2 Å². The number of benzene rings is 2. The molecule has 1 aromatic heterocycles. The molecule has 130 valence electrons. The molecule has 0 unspecified atom stereocenters. The molecule has 0 amide bonds. The summed E-state index contributed by atoms with van der Waals surface area (Å²) in [6.45, 7) is 1.76. The number of anilines is 1. The van der Waals surface area contributed by atoms with Gasteiger partial charge in [0.25, 0.3) is 0 Å². The van der Waals surface area contributed by atoms with Crippen LogP contribution in [0.1, 0.15) is 13.3 Å². The maximum atomic E-state index is 14.0. The van der Waals surface area contributed by atoms with Gasteiger partial charge in [0.2, 0.25) is 10.0 Å². The van der Waals surface area contributed by atoms with Crippen LogP contribution in [0.25, 0.3) is 11.0 Å². The Kier molecular flexibility index (Phi) is 4.80. The van der Waals surface area contributed by atoms with Crippen molar-refractivity contribution in [3.8, 4) is 11.5 Å². The van der Waals surface area contributed by atoms with Gasteiger partial charge in [-0.15, -0.1) is 0 Å². The third-order valence-corrected chi connectivity index (χ3v) is 4.84. The molecule has 0 aliphatic rings. The molecule has 8 heteroatoms. The zero-order chi connectivity index (χ0) is 17.9. The highest BCUT2D eigenvalue weighted by molar-refractivity contribution is 7.92. The van der Waals surface area contributed by atoms with Gasteiger partial charge in [-0.05, 0) is 30.7 Å². The molecular formula is C17H16FN3O3S. The second-order valence-corrected chi connectivity index (χ2v) is 7.22. The summed E-state index contributed by atoms with van der Waals surface area (Å²) in [5.41, 5.74) is 1.54. The minimum Gasteiger partial charge on any atom is -0.454 e. The van der Waals surface area contributed by atoms with Crippen LogP contribution in [0.5, 0.6) is 11.5 Å². The molecule has 1 heterocycles. The molecule has 3 rings (SSSR count). The van der Waals surface area contributed by atoms with Crippen molar-refractivity contribution in [3.63, 3.8) is 0 Å². The second kappa shape index (κ2) is 7.02. The van der Waals surface area contributed by atoms with Crippen LogP contribution in [0.2, 0.25) is 0 Å². The van der Waals surface area contributed by atoms with E-state index in [4.69, 9.17) is 4.74 Å². The summed E-state index contributed by atoms with van der Waals surface area (Å²) in [5, 5.41) is 0. The van der Waals surface area contributed by atoms with E-state index in [2.05, 4.69) is 14.7 Å². The maximum Gasteiger partial charge on any atom is 0.232 e. The van der Waals surface area contributed by atoms with Gasteiger partial charge in [-0.25, -0.2) is 12.8 Å². The molecule has 0 spiro atoms. The van der Waals surface area contributed by atoms with Crippen LogP contribution in [0.3, 0.4) is 0 Å². The van der Waals surface area contributed by atoms with Gasteiger partial charge < -0.3 is 4.74 Å². The van der Waals surface area contributed by atoms with Gasteiger partial charge >= 0.3 is 0 Å². The summed E-state index contributed by atoms with van der Waals surface area (Å²) in [7, 11) is -3.46. The average Bonchev–Trinajstić information content (AvgIpc) is 2.57. The van der Waals surface area contributed by atoms with Gasteiger partial charge in [-0.3, -0.25) is 14.7 Å². The van der Waals surface area contributed by atoms with E-state index >= 15 is 0 Å². The highest BCUT2D eigenvalue weighted by Crippen LogP contribution is 2.29. The molecule has 0 atom stereocenters. The minimum atomic E-state index is -3.46. The van der Waals surface area contributed by atoms with E-state index in [1.54, 1.807) is 37.5 Å². The SMILES string of the molecule is CCCS(=O)(=O)Nc1ccc(F)c(Oc2ccc3nccnc3c2)c1. The first-order chi connectivity index (χ1) is 12.0. The molecule has 0 aliphatic heterocycles. The van der Waals surface area contributed by atoms with Crippen LogP contribution in [-0.2, 0) is 10.0 Å². The van der Waals surface area contributed by atoms with Crippen molar-refractivity contribution in [3.05, 3.63) is 54.6 Å². The Balaban J connectivity index is 1.87. The van der Waals surface area contributed by atoms with Crippen molar-refractivity contribution >= 4 is 26.7 Å². The number of aromatic nitrogens is 2. The minimum absolute atomic E-state index is 0.0100. The van der Waals surface area contributed by atoms with Crippen LogP contribution >= 0.6 is 0 Å². The first kappa shape index (κ1) is 17.1. The van der Waals surface area contributed by atoms with Crippen LogP contribution in [0.15, 0.2) is 48.8 Å². The fourth-order valence-corrected chi connectivity index (χ4v) is 3.40. The molecule has 0 bridgehead atoms. The fraction of sp³-hybridized carbons (Fsp3) is 0.176. The van der Waals surface area contributed by atoms with Crippen molar-refractivity contribution in [2.45, 2.75) is 13.3 Å². The van der Waals surface area contributed by atoms with E-state index in [1.165, 1.54) is 12.1 Å². The Hall–Kier alpha value is -2.74. The van der Waals surface area contributed by atoms with E-state index in [0.717, 1.165) is 6.07 Å². The molecule has 0 radical (unpaired) electrons. The molecule has 1 N–H and O–H groups in total. The summed E-state index contributed by atoms with van der Waals surface area (Å²) in [6, 6.07) is 8.80. The van der Waals surface area contributed by atoms with Crippen molar-refractivity contribution in [2.75, 3.05) is 10.5 Å². The number of hydrogen-bond acceptors (Lipinski definition) is 5. The van der Waals surface area contributed by atoms with Gasteiger partial charge in [0, 0.05) is 24.5 Å². The molecule has 0 saturated heterocycles. The lowest BCUT2D eigenvalue weighted by Gasteiger charge is -2.11. The number of fused-ring (bicyclic) bond motifs is 1. The normalized spacial score (nSPS) is 11.4. The lowest BCUT2D eigenvalue weighted by molar-refractivity contribution is 0.443. The molecule has 0 fully saturated rings. The van der Waals surface area contributed by atoms with E-state index in [1.807, 2.05) is 0 Å². The molecule has 25 heavy (non-hydrogen) atoms. The van der Waals surface area contributed by atoms with Gasteiger partial charge in [0.05, 0.1) is 22.5 Å². The highest BCUT2D eigenvalue weighted by Gasteiger charge is 2.12. The zero-order valence-corrected chi connectivity index (χ0v) is 14.3. The molecule has 6 nitrogen and oxygen atoms in total. The van der Waals surface area contributed by atoms with Gasteiger partial charge in [0.15, 0.2) is 11.6 Å². The monoisotopic (exact) mass is 361 g/mol. The number of sulfonamides is 1. The Morgan fingerprint density at radius 2 is 1.84 bits per heavy atom. The number of nitrogens with zero attached hydrogens (tertiary/aromatic N) is 2. The second-order valence-electron chi connectivity index (χ2n) is 5.38. The van der Waals surface area contributed by atoms with E-state index < -0.39 is 15.8 Å². The standard InChI is InChI=1S/C17H16FN3O3S/c1-2-9-25(22,23)21-12-3-5-14(18)17(10-12)24-13-4-6-15-16(11-13)20-8-7-19-15/h3-8,10-11,21H,2,9H2,1H3. The summed E-state index contributed by atoms with van der Waals surface area (Å²) >= 11 is 0. The summed E-state index contributed by atoms with van der Waals surface area (Å²) in [6.07, 6.45) is 3.61. The lowest BCUT2D eigenvalue weighted by atomic mass is 10.2. The maximum absolute atomic E-state index is 14.0. The first-order valence-electron chi connectivity index (χ1n) is 7.65. The Bertz CT molecular complexity index is 1010. The number of ether oxygens (including phenoxy) is 1. The third kappa shape index (κ3) is 4.21. The molecule has 3 aromatic rings. The van der Waals surface area contributed by atoms with Crippen molar-refractivity contribution < 1.29 is 17.5 Å². The number of halogens is 1. The van der Waals surface area contributed by atoms with Crippen molar-refractivity contribution in [1.29, 1.82) is 0 Å². The summed E-state index contributed by atoms with van der Waals surface area (Å²) in [5.74, 6) is -0.317. The predicted octanol–water partition coefficient (Wildman–Crippen LogP) is 3.71. The number of nitrogens with one attached hydrogen (secondary N) is 1. The van der Waals surface area contributed by atoms with E-state index in [0.29, 0.717) is 23.2 Å². The molecule has 0 aliphatic carbocycles. The smallest absolute Gasteiger partial charge is 0.232 e. The van der Waals surface area contributed by atoms with Crippen LogP contribution < -0.4 is 9.46 Å². The number of hydrogen-bond donors (Lipinski definition) is 1. The van der Waals surface area contributed by atoms with Crippen LogP contribution in [0, 0.1) is 5.82 Å². The van der Waals surface area contributed by atoms with Crippen molar-refractivity contribution in [1.82, 2.24) is 9.97 Å². The summed E-state index contributed by atoms with van der Waals surface area (Å²) < 4.78 is 45.7.